The van der Waals surface area contributed by atoms with E-state index >= 15 is 0 Å². The van der Waals surface area contributed by atoms with E-state index in [1.807, 2.05) is 32.0 Å². The lowest BCUT2D eigenvalue weighted by atomic mass is 10.2. The van der Waals surface area contributed by atoms with Gasteiger partial charge in [0, 0.05) is 11.8 Å². The second-order valence-corrected chi connectivity index (χ2v) is 4.83. The molecule has 0 bridgehead atoms. The molecule has 3 aromatic rings. The minimum atomic E-state index is 0.0146. The molecule has 0 aliphatic rings. The summed E-state index contributed by atoms with van der Waals surface area (Å²) in [5.41, 5.74) is 1.76. The van der Waals surface area contributed by atoms with E-state index in [9.17, 15) is 0 Å². The minimum Gasteiger partial charge on any atom is -0.361 e. The van der Waals surface area contributed by atoms with Gasteiger partial charge in [0.25, 0.3) is 5.78 Å². The number of halogens is 1. The van der Waals surface area contributed by atoms with Crippen LogP contribution in [0.3, 0.4) is 0 Å². The van der Waals surface area contributed by atoms with Crippen LogP contribution in [-0.2, 0) is 0 Å². The van der Waals surface area contributed by atoms with Crippen molar-refractivity contribution in [1.82, 2.24) is 24.6 Å². The molecule has 0 fully saturated rings. The highest BCUT2D eigenvalue weighted by atomic mass is 35.5. The Labute approximate surface area is 120 Å². The van der Waals surface area contributed by atoms with E-state index in [1.165, 1.54) is 6.33 Å². The van der Waals surface area contributed by atoms with E-state index < -0.39 is 0 Å². The Morgan fingerprint density at radius 1 is 1.30 bits per heavy atom. The maximum Gasteiger partial charge on any atom is 0.255 e. The van der Waals surface area contributed by atoms with Crippen LogP contribution >= 0.6 is 11.6 Å². The Bertz CT molecular complexity index is 739. The van der Waals surface area contributed by atoms with Gasteiger partial charge in [-0.25, -0.2) is 0 Å². The fourth-order valence-electron chi connectivity index (χ4n) is 1.98. The number of hydrogen-bond acceptors (Lipinski definition) is 5. The van der Waals surface area contributed by atoms with Gasteiger partial charge < -0.3 is 5.32 Å². The third kappa shape index (κ3) is 2.18. The molecule has 1 atom stereocenters. The highest BCUT2D eigenvalue weighted by Crippen LogP contribution is 2.25. The summed E-state index contributed by atoms with van der Waals surface area (Å²) >= 11 is 6.13. The summed E-state index contributed by atoms with van der Waals surface area (Å²) in [6.45, 7) is 3.92. The lowest BCUT2D eigenvalue weighted by molar-refractivity contribution is 0.806. The predicted molar refractivity (Wildman–Crippen MR) is 76.8 cm³/mol. The first-order chi connectivity index (χ1) is 9.66. The zero-order chi connectivity index (χ0) is 14.1. The maximum absolute atomic E-state index is 6.13. The monoisotopic (exact) mass is 288 g/mol. The molecule has 0 aliphatic carbocycles. The van der Waals surface area contributed by atoms with Crippen molar-refractivity contribution in [2.45, 2.75) is 19.9 Å². The molecule has 0 aromatic carbocycles. The second-order valence-electron chi connectivity index (χ2n) is 4.47. The SMILES string of the molecule is Cc1c(Cl)nc2ncnn2c1NC(C)c1ccccn1. The lowest BCUT2D eigenvalue weighted by Crippen LogP contribution is -2.13. The zero-order valence-electron chi connectivity index (χ0n) is 11.1. The smallest absolute Gasteiger partial charge is 0.255 e. The van der Waals surface area contributed by atoms with Crippen LogP contribution in [0.25, 0.3) is 5.78 Å². The molecule has 0 amide bonds. The van der Waals surface area contributed by atoms with Crippen LogP contribution in [0.2, 0.25) is 5.15 Å². The van der Waals surface area contributed by atoms with Gasteiger partial charge in [-0.05, 0) is 26.0 Å². The number of pyridine rings is 1. The first-order valence-electron chi connectivity index (χ1n) is 6.20. The fourth-order valence-corrected chi connectivity index (χ4v) is 2.14. The average Bonchev–Trinajstić information content (AvgIpc) is 2.92. The average molecular weight is 289 g/mol. The predicted octanol–water partition coefficient (Wildman–Crippen LogP) is 2.65. The van der Waals surface area contributed by atoms with Crippen LogP contribution < -0.4 is 5.32 Å². The van der Waals surface area contributed by atoms with E-state index in [2.05, 4.69) is 25.4 Å². The van der Waals surface area contributed by atoms with Crippen LogP contribution in [0.5, 0.6) is 0 Å². The quantitative estimate of drug-likeness (QED) is 0.751. The summed E-state index contributed by atoms with van der Waals surface area (Å²) in [7, 11) is 0. The summed E-state index contributed by atoms with van der Waals surface area (Å²) in [6.07, 6.45) is 3.22. The molecule has 3 rings (SSSR count). The topological polar surface area (TPSA) is 68.0 Å². The zero-order valence-corrected chi connectivity index (χ0v) is 11.8. The van der Waals surface area contributed by atoms with Crippen LogP contribution in [-0.4, -0.2) is 24.6 Å². The molecular weight excluding hydrogens is 276 g/mol. The van der Waals surface area contributed by atoms with Crippen molar-refractivity contribution < 1.29 is 0 Å². The van der Waals surface area contributed by atoms with Crippen LogP contribution in [0.1, 0.15) is 24.2 Å². The molecule has 3 aromatic heterocycles. The first-order valence-corrected chi connectivity index (χ1v) is 6.58. The molecule has 1 N–H and O–H groups in total. The molecule has 0 saturated heterocycles. The van der Waals surface area contributed by atoms with Gasteiger partial charge in [-0.3, -0.25) is 4.98 Å². The molecule has 7 heteroatoms. The van der Waals surface area contributed by atoms with E-state index in [0.717, 1.165) is 17.1 Å². The van der Waals surface area contributed by atoms with Gasteiger partial charge >= 0.3 is 0 Å². The van der Waals surface area contributed by atoms with E-state index in [0.29, 0.717) is 10.9 Å². The van der Waals surface area contributed by atoms with Gasteiger partial charge in [-0.15, -0.1) is 0 Å². The lowest BCUT2D eigenvalue weighted by Gasteiger charge is -2.17. The fraction of sp³-hybridized carbons (Fsp3) is 0.231. The molecule has 0 spiro atoms. The summed E-state index contributed by atoms with van der Waals surface area (Å²) in [6, 6.07) is 5.83. The number of nitrogens with zero attached hydrogens (tertiary/aromatic N) is 5. The number of aromatic nitrogens is 5. The Balaban J connectivity index is 2.02. The number of fused-ring (bicyclic) bond motifs is 1. The van der Waals surface area contributed by atoms with Crippen LogP contribution in [0.15, 0.2) is 30.7 Å². The largest absolute Gasteiger partial charge is 0.361 e. The number of anilines is 1. The molecule has 6 nitrogen and oxygen atoms in total. The van der Waals surface area contributed by atoms with Gasteiger partial charge in [0.05, 0.1) is 11.7 Å². The van der Waals surface area contributed by atoms with Gasteiger partial charge in [-0.1, -0.05) is 17.7 Å². The standard InChI is InChI=1S/C13H13ClN6/c1-8-11(14)19-13-16-7-17-20(13)12(8)18-9(2)10-5-3-4-6-15-10/h3-7,9,18H,1-2H3. The summed E-state index contributed by atoms with van der Waals surface area (Å²) in [4.78, 5) is 12.6. The third-order valence-corrected chi connectivity index (χ3v) is 3.46. The van der Waals surface area contributed by atoms with Crippen molar-refractivity contribution in [2.75, 3.05) is 5.32 Å². The van der Waals surface area contributed by atoms with Crippen molar-refractivity contribution >= 4 is 23.2 Å². The molecule has 0 aliphatic heterocycles. The van der Waals surface area contributed by atoms with Crippen molar-refractivity contribution in [1.29, 1.82) is 0 Å². The number of nitrogens with one attached hydrogen (secondary N) is 1. The van der Waals surface area contributed by atoms with E-state index in [-0.39, 0.29) is 6.04 Å². The minimum absolute atomic E-state index is 0.0146. The highest BCUT2D eigenvalue weighted by molar-refractivity contribution is 6.30. The Morgan fingerprint density at radius 3 is 2.90 bits per heavy atom. The van der Waals surface area contributed by atoms with Crippen LogP contribution in [0.4, 0.5) is 5.82 Å². The van der Waals surface area contributed by atoms with Crippen molar-refractivity contribution in [3.63, 3.8) is 0 Å². The Kier molecular flexibility index (Phi) is 3.23. The van der Waals surface area contributed by atoms with E-state index in [4.69, 9.17) is 11.6 Å². The van der Waals surface area contributed by atoms with Crippen molar-refractivity contribution in [3.8, 4) is 0 Å². The van der Waals surface area contributed by atoms with Gasteiger partial charge in [0.1, 0.15) is 17.3 Å². The molecular formula is C13H13ClN6. The van der Waals surface area contributed by atoms with E-state index in [1.54, 1.807) is 10.7 Å². The summed E-state index contributed by atoms with van der Waals surface area (Å²) in [5, 5.41) is 7.96. The molecule has 0 radical (unpaired) electrons. The number of hydrogen-bond donors (Lipinski definition) is 1. The van der Waals surface area contributed by atoms with Gasteiger partial charge in [0.15, 0.2) is 0 Å². The van der Waals surface area contributed by atoms with Crippen molar-refractivity contribution in [2.24, 2.45) is 0 Å². The Hall–Kier alpha value is -2.21. The molecule has 102 valence electrons. The van der Waals surface area contributed by atoms with Gasteiger partial charge in [0.2, 0.25) is 0 Å². The molecule has 20 heavy (non-hydrogen) atoms. The number of rotatable bonds is 3. The molecule has 0 saturated carbocycles. The first kappa shape index (κ1) is 12.8. The second kappa shape index (κ2) is 5.05. The maximum atomic E-state index is 6.13. The summed E-state index contributed by atoms with van der Waals surface area (Å²) < 4.78 is 1.64. The normalized spacial score (nSPS) is 12.6. The third-order valence-electron chi connectivity index (χ3n) is 3.09. The van der Waals surface area contributed by atoms with Crippen molar-refractivity contribution in [3.05, 3.63) is 47.1 Å². The highest BCUT2D eigenvalue weighted by Gasteiger charge is 2.15. The van der Waals surface area contributed by atoms with Crippen LogP contribution in [0, 0.1) is 6.92 Å². The molecule has 3 heterocycles. The van der Waals surface area contributed by atoms with Gasteiger partial charge in [-0.2, -0.15) is 19.6 Å². The summed E-state index contributed by atoms with van der Waals surface area (Å²) in [5.74, 6) is 1.24. The Morgan fingerprint density at radius 2 is 2.15 bits per heavy atom. The molecule has 1 unspecified atom stereocenters.